The van der Waals surface area contributed by atoms with Crippen LogP contribution in [0.4, 0.5) is 0 Å². The van der Waals surface area contributed by atoms with Crippen LogP contribution in [0.15, 0.2) is 24.3 Å². The number of amides is 1. The van der Waals surface area contributed by atoms with Gasteiger partial charge < -0.3 is 20.3 Å². The summed E-state index contributed by atoms with van der Waals surface area (Å²) in [7, 11) is 0. The van der Waals surface area contributed by atoms with Crippen LogP contribution in [0.3, 0.4) is 0 Å². The molecule has 6 nitrogen and oxygen atoms in total. The van der Waals surface area contributed by atoms with Crippen molar-refractivity contribution >= 4 is 11.9 Å². The topological polar surface area (TPSA) is 95.9 Å². The number of hydrogen-bond donors (Lipinski definition) is 3. The molecule has 0 radical (unpaired) electrons. The number of aliphatic hydroxyl groups is 2. The lowest BCUT2D eigenvalue weighted by atomic mass is 10.0. The zero-order chi connectivity index (χ0) is 57.8. The van der Waals surface area contributed by atoms with Crippen molar-refractivity contribution in [2.75, 3.05) is 13.2 Å². The molecule has 0 aliphatic rings. The van der Waals surface area contributed by atoms with E-state index in [4.69, 9.17) is 4.74 Å². The zero-order valence-electron chi connectivity index (χ0n) is 54.3. The summed E-state index contributed by atoms with van der Waals surface area (Å²) in [5.74, 6) is -0.0542. The Labute approximate surface area is 501 Å². The van der Waals surface area contributed by atoms with Gasteiger partial charge in [0.2, 0.25) is 5.91 Å². The summed E-state index contributed by atoms with van der Waals surface area (Å²) in [6, 6.07) is -0.634. The van der Waals surface area contributed by atoms with Gasteiger partial charge in [-0.05, 0) is 57.8 Å². The molecular weight excluding hydrogens is 983 g/mol. The quantitative estimate of drug-likeness (QED) is 0.0320. The first kappa shape index (κ1) is 78.3. The van der Waals surface area contributed by atoms with E-state index in [1.54, 1.807) is 6.08 Å². The second kappa shape index (κ2) is 69.8. The fourth-order valence-electron chi connectivity index (χ4n) is 11.6. The molecular formula is C74H143NO5. The van der Waals surface area contributed by atoms with Crippen LogP contribution in [0.1, 0.15) is 412 Å². The highest BCUT2D eigenvalue weighted by Crippen LogP contribution is 2.19. The molecule has 3 N–H and O–H groups in total. The summed E-state index contributed by atoms with van der Waals surface area (Å²) in [6.07, 6.45) is 88.3. The van der Waals surface area contributed by atoms with Gasteiger partial charge in [-0.3, -0.25) is 9.59 Å². The van der Waals surface area contributed by atoms with Gasteiger partial charge in [-0.25, -0.2) is 0 Å². The average Bonchev–Trinajstić information content (AvgIpc) is 3.46. The molecule has 0 spiro atoms. The minimum absolute atomic E-state index is 0.0154. The first-order chi connectivity index (χ1) is 39.5. The smallest absolute Gasteiger partial charge is 0.305 e. The van der Waals surface area contributed by atoms with E-state index in [2.05, 4.69) is 31.3 Å². The Hall–Kier alpha value is -1.66. The summed E-state index contributed by atoms with van der Waals surface area (Å²) < 4.78 is 5.50. The molecule has 0 aliphatic heterocycles. The maximum Gasteiger partial charge on any atom is 0.305 e. The Morgan fingerprint density at radius 2 is 0.588 bits per heavy atom. The van der Waals surface area contributed by atoms with E-state index in [-0.39, 0.29) is 18.5 Å². The Balaban J connectivity index is 3.42. The lowest BCUT2D eigenvalue weighted by molar-refractivity contribution is -0.143. The number of hydrogen-bond acceptors (Lipinski definition) is 5. The largest absolute Gasteiger partial charge is 0.466 e. The molecule has 474 valence electrons. The van der Waals surface area contributed by atoms with Crippen LogP contribution >= 0.6 is 0 Å². The summed E-state index contributed by atoms with van der Waals surface area (Å²) in [5.41, 5.74) is 0. The molecule has 0 aromatic heterocycles. The molecule has 2 atom stereocenters. The minimum atomic E-state index is -0.850. The SMILES string of the molecule is CCCCCCCCCCCCCCCCCCCCCCCC/C=C/C(O)C(CO)NC(=O)CCCCCCCCC/C=C\CCCCCCCCCCCCCCOC(=O)CCCCCCCCCCCCCCCCCC. The lowest BCUT2D eigenvalue weighted by Crippen LogP contribution is -2.45. The summed E-state index contributed by atoms with van der Waals surface area (Å²) in [5, 5.41) is 23.3. The molecule has 0 aliphatic carbocycles. The van der Waals surface area contributed by atoms with Crippen molar-refractivity contribution in [3.63, 3.8) is 0 Å². The van der Waals surface area contributed by atoms with Gasteiger partial charge in [0.25, 0.3) is 0 Å². The van der Waals surface area contributed by atoms with Crippen molar-refractivity contribution in [1.82, 2.24) is 5.32 Å². The second-order valence-electron chi connectivity index (χ2n) is 25.3. The molecule has 0 saturated carbocycles. The average molecular weight is 1130 g/mol. The van der Waals surface area contributed by atoms with Crippen LogP contribution in [0.2, 0.25) is 0 Å². The highest BCUT2D eigenvalue weighted by molar-refractivity contribution is 5.76. The fourth-order valence-corrected chi connectivity index (χ4v) is 11.6. The number of allylic oxidation sites excluding steroid dienone is 3. The molecule has 0 heterocycles. The normalized spacial score (nSPS) is 12.6. The van der Waals surface area contributed by atoms with Gasteiger partial charge in [0.15, 0.2) is 0 Å². The van der Waals surface area contributed by atoms with Gasteiger partial charge in [0.05, 0.1) is 25.4 Å². The highest BCUT2D eigenvalue weighted by atomic mass is 16.5. The van der Waals surface area contributed by atoms with Gasteiger partial charge in [-0.1, -0.05) is 366 Å². The van der Waals surface area contributed by atoms with Gasteiger partial charge in [0.1, 0.15) is 0 Å². The van der Waals surface area contributed by atoms with Gasteiger partial charge >= 0.3 is 5.97 Å². The third kappa shape index (κ3) is 65.5. The Kier molecular flexibility index (Phi) is 68.4. The first-order valence-corrected chi connectivity index (χ1v) is 36.6. The lowest BCUT2D eigenvalue weighted by Gasteiger charge is -2.20. The molecule has 0 aromatic carbocycles. The third-order valence-electron chi connectivity index (χ3n) is 17.2. The minimum Gasteiger partial charge on any atom is -0.466 e. The number of ether oxygens (including phenoxy) is 1. The Bertz CT molecular complexity index is 1250. The zero-order valence-corrected chi connectivity index (χ0v) is 54.3. The molecule has 0 aromatic rings. The summed E-state index contributed by atoms with van der Waals surface area (Å²) >= 11 is 0. The van der Waals surface area contributed by atoms with Crippen LogP contribution in [-0.2, 0) is 14.3 Å². The van der Waals surface area contributed by atoms with Crippen molar-refractivity contribution in [3.05, 3.63) is 24.3 Å². The van der Waals surface area contributed by atoms with E-state index in [9.17, 15) is 19.8 Å². The van der Waals surface area contributed by atoms with Crippen LogP contribution in [0.25, 0.3) is 0 Å². The number of esters is 1. The predicted molar refractivity (Wildman–Crippen MR) is 352 cm³/mol. The molecule has 0 fully saturated rings. The molecule has 0 rings (SSSR count). The van der Waals surface area contributed by atoms with Crippen molar-refractivity contribution in [2.24, 2.45) is 0 Å². The first-order valence-electron chi connectivity index (χ1n) is 36.6. The van der Waals surface area contributed by atoms with Crippen LogP contribution in [-0.4, -0.2) is 47.4 Å². The second-order valence-corrected chi connectivity index (χ2v) is 25.3. The maximum absolute atomic E-state index is 12.5. The van der Waals surface area contributed by atoms with Gasteiger partial charge in [0, 0.05) is 12.8 Å². The van der Waals surface area contributed by atoms with Crippen molar-refractivity contribution in [1.29, 1.82) is 0 Å². The van der Waals surface area contributed by atoms with E-state index in [1.165, 1.54) is 340 Å². The van der Waals surface area contributed by atoms with Crippen molar-refractivity contribution < 1.29 is 24.5 Å². The summed E-state index contributed by atoms with van der Waals surface area (Å²) in [6.45, 7) is 4.95. The monoisotopic (exact) mass is 1130 g/mol. The van der Waals surface area contributed by atoms with E-state index in [0.717, 1.165) is 44.9 Å². The van der Waals surface area contributed by atoms with Gasteiger partial charge in [-0.15, -0.1) is 0 Å². The molecule has 1 amide bonds. The number of nitrogens with one attached hydrogen (secondary N) is 1. The van der Waals surface area contributed by atoms with Gasteiger partial charge in [-0.2, -0.15) is 0 Å². The van der Waals surface area contributed by atoms with Crippen LogP contribution in [0, 0.1) is 0 Å². The van der Waals surface area contributed by atoms with E-state index >= 15 is 0 Å². The number of carbonyl (C=O) groups is 2. The highest BCUT2D eigenvalue weighted by Gasteiger charge is 2.18. The number of unbranched alkanes of at least 4 members (excludes halogenated alkanes) is 56. The molecule has 6 heteroatoms. The molecule has 0 saturated heterocycles. The number of aliphatic hydroxyl groups excluding tert-OH is 2. The Morgan fingerprint density at radius 3 is 0.887 bits per heavy atom. The number of rotatable bonds is 69. The van der Waals surface area contributed by atoms with E-state index in [0.29, 0.717) is 19.4 Å². The van der Waals surface area contributed by atoms with Crippen molar-refractivity contribution in [3.8, 4) is 0 Å². The van der Waals surface area contributed by atoms with E-state index < -0.39 is 12.1 Å². The number of carbonyl (C=O) groups excluding carboxylic acids is 2. The summed E-state index contributed by atoms with van der Waals surface area (Å²) in [4.78, 5) is 24.6. The van der Waals surface area contributed by atoms with Crippen molar-refractivity contribution in [2.45, 2.75) is 424 Å². The fraction of sp³-hybridized carbons (Fsp3) is 0.919. The van der Waals surface area contributed by atoms with Crippen LogP contribution < -0.4 is 5.32 Å². The molecule has 2 unspecified atom stereocenters. The third-order valence-corrected chi connectivity index (χ3v) is 17.2. The molecule has 80 heavy (non-hydrogen) atoms. The maximum atomic E-state index is 12.5. The Morgan fingerprint density at radius 1 is 0.338 bits per heavy atom. The predicted octanol–water partition coefficient (Wildman–Crippen LogP) is 23.7. The van der Waals surface area contributed by atoms with Crippen LogP contribution in [0.5, 0.6) is 0 Å². The standard InChI is InChI=1S/C74H143NO5/c1-3-5-7-9-11-13-15-17-19-21-22-23-24-26-29-32-35-38-42-46-50-54-58-62-66-72(77)71(70-76)75-73(78)67-63-59-55-51-47-43-39-36-33-30-27-25-28-31-34-37-41-45-49-53-57-61-65-69-80-74(79)68-64-60-56-52-48-44-40-20-18-16-14-12-10-8-6-4-2/h30,33,62,66,71-72,76-77H,3-29,31-32,34-61,63-65,67-70H2,1-2H3,(H,75,78)/b33-30-,66-62+. The van der Waals surface area contributed by atoms with E-state index in [1.807, 2.05) is 6.08 Å². The molecule has 0 bridgehead atoms.